The van der Waals surface area contributed by atoms with Crippen LogP contribution in [0.15, 0.2) is 29.3 Å². The molecule has 0 saturated carbocycles. The first kappa shape index (κ1) is 22.0. The summed E-state index contributed by atoms with van der Waals surface area (Å²) in [4.78, 5) is 4.74. The highest BCUT2D eigenvalue weighted by Crippen LogP contribution is 2.14. The number of ether oxygens (including phenoxy) is 1. The highest BCUT2D eigenvalue weighted by atomic mass is 16.5. The van der Waals surface area contributed by atoms with Gasteiger partial charge >= 0.3 is 0 Å². The average molecular weight is 386 g/mol. The number of benzene rings is 1. The lowest BCUT2D eigenvalue weighted by Crippen LogP contribution is -2.37. The molecule has 0 unspecified atom stereocenters. The van der Waals surface area contributed by atoms with Crippen LogP contribution in [0.3, 0.4) is 0 Å². The monoisotopic (exact) mass is 385 g/mol. The SMILES string of the molecule is CCNC(=NCc1cccc(COC(C)(C)C)c1)NCc1c(C)nn(C)c1C. The van der Waals surface area contributed by atoms with E-state index in [1.807, 2.05) is 18.7 Å². The number of nitrogens with one attached hydrogen (secondary N) is 2. The summed E-state index contributed by atoms with van der Waals surface area (Å²) in [5, 5.41) is 11.2. The van der Waals surface area contributed by atoms with Gasteiger partial charge in [0.25, 0.3) is 0 Å². The molecule has 1 aromatic carbocycles. The van der Waals surface area contributed by atoms with Gasteiger partial charge in [-0.05, 0) is 52.7 Å². The number of hydrogen-bond donors (Lipinski definition) is 2. The Morgan fingerprint density at radius 1 is 1.18 bits per heavy atom. The molecule has 6 nitrogen and oxygen atoms in total. The molecule has 0 bridgehead atoms. The lowest BCUT2D eigenvalue weighted by atomic mass is 10.1. The molecule has 2 aromatic rings. The van der Waals surface area contributed by atoms with Crippen LogP contribution in [-0.4, -0.2) is 27.9 Å². The van der Waals surface area contributed by atoms with Crippen molar-refractivity contribution in [2.45, 2.75) is 66.8 Å². The Labute approximate surface area is 169 Å². The second kappa shape index (κ2) is 9.73. The fourth-order valence-electron chi connectivity index (χ4n) is 2.88. The van der Waals surface area contributed by atoms with Gasteiger partial charge in [-0.25, -0.2) is 4.99 Å². The normalized spacial score (nSPS) is 12.3. The molecule has 6 heteroatoms. The molecule has 0 aliphatic carbocycles. The van der Waals surface area contributed by atoms with Crippen LogP contribution in [0.25, 0.3) is 0 Å². The van der Waals surface area contributed by atoms with Crippen LogP contribution in [0.1, 0.15) is 55.8 Å². The van der Waals surface area contributed by atoms with Crippen molar-refractivity contribution < 1.29 is 4.74 Å². The summed E-state index contributed by atoms with van der Waals surface area (Å²) in [6, 6.07) is 8.42. The molecular weight excluding hydrogens is 350 g/mol. The van der Waals surface area contributed by atoms with E-state index in [9.17, 15) is 0 Å². The number of hydrogen-bond acceptors (Lipinski definition) is 3. The Balaban J connectivity index is 2.02. The van der Waals surface area contributed by atoms with Crippen LogP contribution in [0.4, 0.5) is 0 Å². The van der Waals surface area contributed by atoms with E-state index in [0.717, 1.165) is 18.2 Å². The van der Waals surface area contributed by atoms with Crippen molar-refractivity contribution in [2.75, 3.05) is 6.54 Å². The second-order valence-electron chi connectivity index (χ2n) is 8.04. The smallest absolute Gasteiger partial charge is 0.191 e. The summed E-state index contributed by atoms with van der Waals surface area (Å²) < 4.78 is 7.80. The van der Waals surface area contributed by atoms with Gasteiger partial charge in [-0.3, -0.25) is 4.68 Å². The van der Waals surface area contributed by atoms with E-state index in [0.29, 0.717) is 19.7 Å². The Bertz CT molecular complexity index is 802. The van der Waals surface area contributed by atoms with Crippen LogP contribution in [0, 0.1) is 13.8 Å². The van der Waals surface area contributed by atoms with Gasteiger partial charge in [0.2, 0.25) is 0 Å². The first-order chi connectivity index (χ1) is 13.2. The van der Waals surface area contributed by atoms with E-state index in [2.05, 4.69) is 74.6 Å². The minimum absolute atomic E-state index is 0.140. The van der Waals surface area contributed by atoms with Gasteiger partial charge in [-0.2, -0.15) is 5.10 Å². The third-order valence-corrected chi connectivity index (χ3v) is 4.52. The minimum Gasteiger partial charge on any atom is -0.371 e. The molecule has 2 rings (SSSR count). The molecule has 0 aliphatic rings. The average Bonchev–Trinajstić information content (AvgIpc) is 2.87. The molecule has 1 heterocycles. The summed E-state index contributed by atoms with van der Waals surface area (Å²) in [7, 11) is 1.97. The van der Waals surface area contributed by atoms with E-state index in [1.54, 1.807) is 0 Å². The zero-order valence-electron chi connectivity index (χ0n) is 18.4. The van der Waals surface area contributed by atoms with Crippen LogP contribution in [0.2, 0.25) is 0 Å². The highest BCUT2D eigenvalue weighted by molar-refractivity contribution is 5.79. The predicted octanol–water partition coefficient (Wildman–Crippen LogP) is 3.61. The van der Waals surface area contributed by atoms with E-state index in [1.165, 1.54) is 22.4 Å². The molecule has 0 radical (unpaired) electrons. The van der Waals surface area contributed by atoms with Crippen molar-refractivity contribution in [3.63, 3.8) is 0 Å². The predicted molar refractivity (Wildman–Crippen MR) is 115 cm³/mol. The maximum atomic E-state index is 5.88. The summed E-state index contributed by atoms with van der Waals surface area (Å²) >= 11 is 0. The molecular formula is C22H35N5O. The molecule has 0 aliphatic heterocycles. The number of rotatable bonds is 7. The van der Waals surface area contributed by atoms with Crippen molar-refractivity contribution in [2.24, 2.45) is 12.0 Å². The van der Waals surface area contributed by atoms with Gasteiger partial charge in [-0.1, -0.05) is 24.3 Å². The largest absolute Gasteiger partial charge is 0.371 e. The zero-order chi connectivity index (χ0) is 20.7. The first-order valence-corrected chi connectivity index (χ1v) is 9.92. The van der Waals surface area contributed by atoms with Gasteiger partial charge in [-0.15, -0.1) is 0 Å². The molecule has 2 N–H and O–H groups in total. The number of guanidine groups is 1. The second-order valence-corrected chi connectivity index (χ2v) is 8.04. The van der Waals surface area contributed by atoms with Crippen molar-refractivity contribution in [3.05, 3.63) is 52.3 Å². The maximum absolute atomic E-state index is 5.88. The van der Waals surface area contributed by atoms with Crippen molar-refractivity contribution in [1.82, 2.24) is 20.4 Å². The number of nitrogens with zero attached hydrogens (tertiary/aromatic N) is 3. The van der Waals surface area contributed by atoms with E-state index in [4.69, 9.17) is 9.73 Å². The number of aliphatic imine (C=N–C) groups is 1. The van der Waals surface area contributed by atoms with E-state index in [-0.39, 0.29) is 5.60 Å². The Morgan fingerprint density at radius 3 is 2.50 bits per heavy atom. The van der Waals surface area contributed by atoms with Crippen molar-refractivity contribution >= 4 is 5.96 Å². The summed E-state index contributed by atoms with van der Waals surface area (Å²) in [5.41, 5.74) is 5.64. The molecule has 1 aromatic heterocycles. The highest BCUT2D eigenvalue weighted by Gasteiger charge is 2.11. The van der Waals surface area contributed by atoms with E-state index < -0.39 is 0 Å². The Morgan fingerprint density at radius 2 is 1.89 bits per heavy atom. The molecule has 28 heavy (non-hydrogen) atoms. The topological polar surface area (TPSA) is 63.5 Å². The minimum atomic E-state index is -0.140. The lowest BCUT2D eigenvalue weighted by Gasteiger charge is -2.19. The molecule has 0 amide bonds. The Hall–Kier alpha value is -2.34. The third-order valence-electron chi connectivity index (χ3n) is 4.52. The first-order valence-electron chi connectivity index (χ1n) is 9.92. The van der Waals surface area contributed by atoms with Crippen LogP contribution < -0.4 is 10.6 Å². The van der Waals surface area contributed by atoms with Crippen molar-refractivity contribution in [3.8, 4) is 0 Å². The lowest BCUT2D eigenvalue weighted by molar-refractivity contribution is -0.0149. The van der Waals surface area contributed by atoms with Gasteiger partial charge < -0.3 is 15.4 Å². The van der Waals surface area contributed by atoms with Crippen LogP contribution in [0.5, 0.6) is 0 Å². The summed E-state index contributed by atoms with van der Waals surface area (Å²) in [6.07, 6.45) is 0. The van der Waals surface area contributed by atoms with Gasteiger partial charge in [0.15, 0.2) is 5.96 Å². The van der Waals surface area contributed by atoms with Gasteiger partial charge in [0.1, 0.15) is 0 Å². The van der Waals surface area contributed by atoms with Gasteiger partial charge in [0, 0.05) is 31.4 Å². The zero-order valence-corrected chi connectivity index (χ0v) is 18.4. The Kier molecular flexibility index (Phi) is 7.63. The summed E-state index contributed by atoms with van der Waals surface area (Å²) in [5.74, 6) is 0.807. The molecule has 0 saturated heterocycles. The van der Waals surface area contributed by atoms with Crippen LogP contribution in [-0.2, 0) is 31.5 Å². The standard InChI is InChI=1S/C22H35N5O/c1-8-23-21(25-14-20-16(2)26-27(7)17(20)3)24-13-18-10-9-11-19(12-18)15-28-22(4,5)6/h9-12H,8,13-15H2,1-7H3,(H2,23,24,25). The fraction of sp³-hybridized carbons (Fsp3) is 0.545. The molecule has 154 valence electrons. The van der Waals surface area contributed by atoms with Crippen molar-refractivity contribution in [1.29, 1.82) is 0 Å². The molecule has 0 fully saturated rings. The molecule has 0 spiro atoms. The number of aromatic nitrogens is 2. The number of aryl methyl sites for hydroxylation is 2. The molecule has 0 atom stereocenters. The van der Waals surface area contributed by atoms with E-state index >= 15 is 0 Å². The van der Waals surface area contributed by atoms with Crippen LogP contribution >= 0.6 is 0 Å². The maximum Gasteiger partial charge on any atom is 0.191 e. The fourth-order valence-corrected chi connectivity index (χ4v) is 2.88. The third kappa shape index (κ3) is 6.68. The van der Waals surface area contributed by atoms with Gasteiger partial charge in [0.05, 0.1) is 24.4 Å². The quantitative estimate of drug-likeness (QED) is 0.565. The summed E-state index contributed by atoms with van der Waals surface area (Å²) in [6.45, 7) is 15.2.